The number of anilines is 1. The quantitative estimate of drug-likeness (QED) is 0.890. The van der Waals surface area contributed by atoms with Gasteiger partial charge in [0.05, 0.1) is 5.69 Å². The largest absolute Gasteiger partial charge is 0.370 e. The number of hydrogen-bond acceptors (Lipinski definition) is 3. The van der Waals surface area contributed by atoms with E-state index in [1.807, 2.05) is 19.1 Å². The number of carbonyl (C=O) groups is 1. The van der Waals surface area contributed by atoms with Crippen LogP contribution < -0.4 is 10.2 Å². The van der Waals surface area contributed by atoms with Gasteiger partial charge in [0.1, 0.15) is 5.69 Å². The van der Waals surface area contributed by atoms with Gasteiger partial charge in [-0.3, -0.25) is 9.48 Å². The van der Waals surface area contributed by atoms with E-state index in [0.29, 0.717) is 12.2 Å². The summed E-state index contributed by atoms with van der Waals surface area (Å²) < 4.78 is 1.61. The average molecular weight is 300 g/mol. The van der Waals surface area contributed by atoms with Gasteiger partial charge in [-0.2, -0.15) is 5.10 Å². The fraction of sp³-hybridized carbons (Fsp3) is 0.412. The number of amides is 1. The van der Waals surface area contributed by atoms with Crippen LogP contribution in [0.2, 0.25) is 0 Å². The van der Waals surface area contributed by atoms with E-state index in [0.717, 1.165) is 18.8 Å². The van der Waals surface area contributed by atoms with Crippen molar-refractivity contribution in [3.8, 4) is 0 Å². The Hall–Kier alpha value is -2.30. The molecule has 2 aromatic rings. The summed E-state index contributed by atoms with van der Waals surface area (Å²) >= 11 is 0. The number of hydrogen-bond donors (Lipinski definition) is 1. The zero-order chi connectivity index (χ0) is 16.1. The lowest BCUT2D eigenvalue weighted by atomic mass is 10.2. The van der Waals surface area contributed by atoms with E-state index in [1.54, 1.807) is 17.8 Å². The van der Waals surface area contributed by atoms with Crippen molar-refractivity contribution in [2.75, 3.05) is 24.5 Å². The molecule has 1 aromatic carbocycles. The molecule has 0 fully saturated rings. The Morgan fingerprint density at radius 3 is 2.64 bits per heavy atom. The second-order valence-corrected chi connectivity index (χ2v) is 5.42. The first-order valence-electron chi connectivity index (χ1n) is 7.62. The number of aryl methyl sites for hydroxylation is 3. The molecule has 2 rings (SSSR count). The highest BCUT2D eigenvalue weighted by molar-refractivity contribution is 5.92. The third kappa shape index (κ3) is 3.67. The summed E-state index contributed by atoms with van der Waals surface area (Å²) in [6.45, 7) is 8.40. The molecule has 0 aliphatic carbocycles. The van der Waals surface area contributed by atoms with Crippen LogP contribution in [0.5, 0.6) is 0 Å². The molecular formula is C17H24N4O. The van der Waals surface area contributed by atoms with E-state index in [2.05, 4.69) is 41.3 Å². The normalized spacial score (nSPS) is 10.5. The number of nitrogens with one attached hydrogen (secondary N) is 1. The molecule has 0 bridgehead atoms. The summed E-state index contributed by atoms with van der Waals surface area (Å²) in [6, 6.07) is 10.1. The zero-order valence-electron chi connectivity index (χ0n) is 13.8. The molecule has 0 aliphatic heterocycles. The molecule has 1 heterocycles. The smallest absolute Gasteiger partial charge is 0.269 e. The Kier molecular flexibility index (Phi) is 5.20. The number of para-hydroxylation sites is 1. The van der Waals surface area contributed by atoms with Crippen LogP contribution in [0.3, 0.4) is 0 Å². The van der Waals surface area contributed by atoms with Gasteiger partial charge >= 0.3 is 0 Å². The maximum atomic E-state index is 12.2. The van der Waals surface area contributed by atoms with Crippen molar-refractivity contribution in [1.29, 1.82) is 0 Å². The lowest BCUT2D eigenvalue weighted by Crippen LogP contribution is -2.35. The van der Waals surface area contributed by atoms with Crippen LogP contribution in [0.1, 0.15) is 28.7 Å². The molecule has 1 amide bonds. The number of rotatable bonds is 6. The first-order chi connectivity index (χ1) is 10.5. The number of benzene rings is 1. The van der Waals surface area contributed by atoms with E-state index in [9.17, 15) is 4.79 Å². The first-order valence-corrected chi connectivity index (χ1v) is 7.62. The summed E-state index contributed by atoms with van der Waals surface area (Å²) in [4.78, 5) is 14.4. The third-order valence-corrected chi connectivity index (χ3v) is 3.74. The third-order valence-electron chi connectivity index (χ3n) is 3.74. The molecule has 5 heteroatoms. The van der Waals surface area contributed by atoms with Gasteiger partial charge in [0, 0.05) is 32.4 Å². The zero-order valence-corrected chi connectivity index (χ0v) is 13.8. The van der Waals surface area contributed by atoms with Gasteiger partial charge in [-0.1, -0.05) is 18.2 Å². The summed E-state index contributed by atoms with van der Waals surface area (Å²) in [5.41, 5.74) is 3.91. The fourth-order valence-corrected chi connectivity index (χ4v) is 2.59. The number of nitrogens with zero attached hydrogens (tertiary/aromatic N) is 3. The molecule has 0 saturated heterocycles. The van der Waals surface area contributed by atoms with Crippen molar-refractivity contribution in [3.63, 3.8) is 0 Å². The number of carbonyl (C=O) groups excluding carboxylic acids is 1. The van der Waals surface area contributed by atoms with E-state index in [1.165, 1.54) is 11.3 Å². The van der Waals surface area contributed by atoms with Crippen molar-refractivity contribution >= 4 is 11.6 Å². The molecule has 1 N–H and O–H groups in total. The summed E-state index contributed by atoms with van der Waals surface area (Å²) in [5, 5.41) is 7.16. The number of aromatic nitrogens is 2. The Morgan fingerprint density at radius 2 is 2.05 bits per heavy atom. The molecular weight excluding hydrogens is 276 g/mol. The SMILES string of the molecule is CCN(CCNC(=O)c1cc(C)nn1C)c1ccccc1C. The minimum absolute atomic E-state index is 0.0797. The van der Waals surface area contributed by atoms with Gasteiger partial charge in [-0.15, -0.1) is 0 Å². The minimum Gasteiger partial charge on any atom is -0.370 e. The van der Waals surface area contributed by atoms with Gasteiger partial charge in [0.15, 0.2) is 0 Å². The second-order valence-electron chi connectivity index (χ2n) is 5.42. The maximum absolute atomic E-state index is 12.2. The minimum atomic E-state index is -0.0797. The topological polar surface area (TPSA) is 50.2 Å². The molecule has 1 aromatic heterocycles. The lowest BCUT2D eigenvalue weighted by molar-refractivity contribution is 0.0945. The van der Waals surface area contributed by atoms with Gasteiger partial charge in [-0.05, 0) is 38.5 Å². The van der Waals surface area contributed by atoms with Crippen LogP contribution in [0.25, 0.3) is 0 Å². The van der Waals surface area contributed by atoms with Gasteiger partial charge < -0.3 is 10.2 Å². The molecule has 118 valence electrons. The van der Waals surface area contributed by atoms with E-state index >= 15 is 0 Å². The molecule has 0 atom stereocenters. The van der Waals surface area contributed by atoms with Crippen molar-refractivity contribution in [1.82, 2.24) is 15.1 Å². The van der Waals surface area contributed by atoms with E-state index in [4.69, 9.17) is 0 Å². The van der Waals surface area contributed by atoms with E-state index < -0.39 is 0 Å². The maximum Gasteiger partial charge on any atom is 0.269 e. The van der Waals surface area contributed by atoms with Crippen LogP contribution in [0, 0.1) is 13.8 Å². The fourth-order valence-electron chi connectivity index (χ4n) is 2.59. The Bertz CT molecular complexity index is 648. The van der Waals surface area contributed by atoms with Crippen molar-refractivity contribution in [3.05, 3.63) is 47.3 Å². The van der Waals surface area contributed by atoms with Crippen LogP contribution in [0.15, 0.2) is 30.3 Å². The molecule has 0 aliphatic rings. The van der Waals surface area contributed by atoms with Crippen molar-refractivity contribution < 1.29 is 4.79 Å². The lowest BCUT2D eigenvalue weighted by Gasteiger charge is -2.25. The van der Waals surface area contributed by atoms with Crippen LogP contribution in [-0.2, 0) is 7.05 Å². The average Bonchev–Trinajstić information content (AvgIpc) is 2.83. The summed E-state index contributed by atoms with van der Waals surface area (Å²) in [6.07, 6.45) is 0. The Labute approximate surface area is 131 Å². The van der Waals surface area contributed by atoms with E-state index in [-0.39, 0.29) is 5.91 Å². The summed E-state index contributed by atoms with van der Waals surface area (Å²) in [7, 11) is 1.79. The predicted molar refractivity (Wildman–Crippen MR) is 89.3 cm³/mol. The highest BCUT2D eigenvalue weighted by Gasteiger charge is 2.12. The monoisotopic (exact) mass is 300 g/mol. The molecule has 0 spiro atoms. The molecule has 5 nitrogen and oxygen atoms in total. The highest BCUT2D eigenvalue weighted by atomic mass is 16.2. The Morgan fingerprint density at radius 1 is 1.32 bits per heavy atom. The highest BCUT2D eigenvalue weighted by Crippen LogP contribution is 2.18. The molecule has 22 heavy (non-hydrogen) atoms. The summed E-state index contributed by atoms with van der Waals surface area (Å²) in [5.74, 6) is -0.0797. The van der Waals surface area contributed by atoms with Gasteiger partial charge in [0.2, 0.25) is 0 Å². The standard InChI is InChI=1S/C17H24N4O/c1-5-21(15-9-7-6-8-13(15)2)11-10-18-17(22)16-12-14(3)19-20(16)4/h6-9,12H,5,10-11H2,1-4H3,(H,18,22). The number of likely N-dealkylation sites (N-methyl/N-ethyl adjacent to an activating group) is 1. The van der Waals surface area contributed by atoms with Gasteiger partial charge in [-0.25, -0.2) is 0 Å². The van der Waals surface area contributed by atoms with Crippen LogP contribution in [-0.4, -0.2) is 35.3 Å². The first kappa shape index (κ1) is 16.1. The molecule has 0 unspecified atom stereocenters. The Balaban J connectivity index is 1.93. The van der Waals surface area contributed by atoms with Gasteiger partial charge in [0.25, 0.3) is 5.91 Å². The predicted octanol–water partition coefficient (Wildman–Crippen LogP) is 2.29. The van der Waals surface area contributed by atoms with Crippen LogP contribution >= 0.6 is 0 Å². The second kappa shape index (κ2) is 7.11. The molecule has 0 radical (unpaired) electrons. The van der Waals surface area contributed by atoms with Crippen LogP contribution in [0.4, 0.5) is 5.69 Å². The molecule has 0 saturated carbocycles. The van der Waals surface area contributed by atoms with Crippen molar-refractivity contribution in [2.24, 2.45) is 7.05 Å². The van der Waals surface area contributed by atoms with Crippen molar-refractivity contribution in [2.45, 2.75) is 20.8 Å².